The van der Waals surface area contributed by atoms with Crippen molar-refractivity contribution in [3.05, 3.63) is 167 Å². The van der Waals surface area contributed by atoms with Crippen LogP contribution in [0.15, 0.2) is 122 Å². The number of hydrogen-bond donors (Lipinski definition) is 8. The Labute approximate surface area is 721 Å². The van der Waals surface area contributed by atoms with Crippen LogP contribution in [0.3, 0.4) is 0 Å². The van der Waals surface area contributed by atoms with Gasteiger partial charge in [-0.05, 0) is 193 Å². The van der Waals surface area contributed by atoms with Crippen LogP contribution < -0.4 is 21.3 Å². The molecular formula is C94H104F2N16O13. The van der Waals surface area contributed by atoms with Gasteiger partial charge in [-0.1, -0.05) is 116 Å². The molecule has 31 heteroatoms. The number of rotatable bonds is 20. The Morgan fingerprint density at radius 1 is 0.408 bits per heavy atom. The third-order valence-electron chi connectivity index (χ3n) is 26.8. The van der Waals surface area contributed by atoms with Crippen molar-refractivity contribution in [3.63, 3.8) is 0 Å². The topological polar surface area (TPSA) is 366 Å². The lowest BCUT2D eigenvalue weighted by Crippen LogP contribution is -2.54. The number of likely N-dealkylation sites (tertiary alicyclic amines) is 4. The van der Waals surface area contributed by atoms with Crippen LogP contribution in [-0.4, -0.2) is 191 Å². The van der Waals surface area contributed by atoms with E-state index in [0.29, 0.717) is 81.6 Å². The molecule has 0 radical (unpaired) electrons. The second-order valence-electron chi connectivity index (χ2n) is 35.7. The molecular weight excluding hydrogens is 1600 g/mol. The molecule has 4 bridgehead atoms. The van der Waals surface area contributed by atoms with E-state index in [4.69, 9.17) is 28.9 Å². The number of imidazole rings is 4. The minimum atomic E-state index is -3.29. The fraction of sp³-hybridized carbons (Fsp3) is 0.436. The molecule has 8 heterocycles. The highest BCUT2D eigenvalue weighted by molar-refractivity contribution is 6.22. The van der Waals surface area contributed by atoms with Gasteiger partial charge in [0.25, 0.3) is 5.92 Å². The van der Waals surface area contributed by atoms with Crippen LogP contribution in [0.2, 0.25) is 0 Å². The number of methoxy groups -OCH3 is 4. The normalized spacial score (nSPS) is 21.4. The number of aromatic nitrogens is 8. The van der Waals surface area contributed by atoms with E-state index in [1.165, 1.54) is 34.5 Å². The average Bonchev–Trinajstić information content (AvgIpc) is 1.58. The van der Waals surface area contributed by atoms with Crippen molar-refractivity contribution >= 4 is 75.9 Å². The molecule has 4 aliphatic carbocycles. The van der Waals surface area contributed by atoms with E-state index in [-0.39, 0.29) is 112 Å². The van der Waals surface area contributed by atoms with Crippen molar-refractivity contribution in [1.29, 1.82) is 0 Å². The van der Waals surface area contributed by atoms with Gasteiger partial charge < -0.3 is 79.8 Å². The molecule has 2 saturated carbocycles. The first-order valence-electron chi connectivity index (χ1n) is 43.3. The number of carbonyl (C=O) groups is 9. The summed E-state index contributed by atoms with van der Waals surface area (Å²) in [6.45, 7) is 16.1. The lowest BCUT2D eigenvalue weighted by atomic mass is 9.95. The van der Waals surface area contributed by atoms with Crippen LogP contribution in [0, 0.1) is 35.5 Å². The maximum Gasteiger partial charge on any atom is 0.407 e. The standard InChI is InChI=1S/C47H52F2N8O6.C47H52N8O7/c1-23(2)38(54-45(60)62-5)43(58)56-17-7-8-37(56)41-50-22-36(53-41)27-11-15-31-30-14-10-25(19-32(30)47(48,49)33(31)20-27)26-12-16-34-35(21-26)52-42(51-34)40-28-9-13-29(18-28)57(40)44(59)39(24(3)4)55-46(61)63-6;1-23(2)38(52-46(59)61-5)44(57)54-17-7-8-37(54)42-48-22-36(51-42)27-11-15-31-30-14-10-25(19-32(30)41(56)33(31)20-27)26-12-16-34-35(21-26)50-43(49-34)40-28-9-13-29(18-28)55(40)45(58)39(24(3)4)53-47(60)62-6/h10-12,14-16,19-24,28-29,37-40H,7-9,13,17-18H2,1-6H3,(H,50,53)(H,51,52)(H,54,60)(H,55,61);10-12,14-16,19-24,28-29,37-40H,7-9,13,17-18H2,1-6H3,(H,48,51)(H,49,50)(H,52,59)(H,53,60)/t2*28-,29+,37-,38-,39-,40-/m00/s1. The summed E-state index contributed by atoms with van der Waals surface area (Å²) in [6.07, 6.45) is 9.22. The summed E-state index contributed by atoms with van der Waals surface area (Å²) in [5.74, 6) is -1.56. The fourth-order valence-corrected chi connectivity index (χ4v) is 20.4. The molecule has 29 nitrogen and oxygen atoms in total. The summed E-state index contributed by atoms with van der Waals surface area (Å²) in [4.78, 5) is 158. The minimum Gasteiger partial charge on any atom is -0.453 e. The van der Waals surface area contributed by atoms with Gasteiger partial charge >= 0.3 is 24.4 Å². The summed E-state index contributed by atoms with van der Waals surface area (Å²) >= 11 is 0. The number of aromatic amines is 4. The van der Waals surface area contributed by atoms with E-state index in [9.17, 15) is 43.2 Å². The van der Waals surface area contributed by atoms with Crippen molar-refractivity contribution in [2.45, 2.75) is 186 Å². The first-order valence-corrected chi connectivity index (χ1v) is 43.3. The van der Waals surface area contributed by atoms with Crippen LogP contribution in [0.25, 0.3) is 89.1 Å². The van der Waals surface area contributed by atoms with Gasteiger partial charge in [0.1, 0.15) is 47.5 Å². The molecule has 4 aromatic heterocycles. The summed E-state index contributed by atoms with van der Waals surface area (Å²) in [5, 5.41) is 10.8. The second kappa shape index (κ2) is 33.7. The monoisotopic (exact) mass is 1700 g/mol. The lowest BCUT2D eigenvalue weighted by molar-refractivity contribution is -0.140. The molecule has 4 saturated heterocycles. The van der Waals surface area contributed by atoms with Gasteiger partial charge in [0.2, 0.25) is 23.6 Å². The Balaban J connectivity index is 0.000000177. The number of amides is 8. The van der Waals surface area contributed by atoms with Gasteiger partial charge in [-0.15, -0.1) is 0 Å². The van der Waals surface area contributed by atoms with Crippen LogP contribution in [0.5, 0.6) is 0 Å². The van der Waals surface area contributed by atoms with Gasteiger partial charge in [-0.25, -0.2) is 39.1 Å². The number of ether oxygens (including phenoxy) is 4. The number of ketones is 1. The number of alkyl halides is 2. The maximum atomic E-state index is 16.6. The zero-order chi connectivity index (χ0) is 88.0. The molecule has 8 amide bonds. The third kappa shape index (κ3) is 15.4. The molecule has 0 spiro atoms. The van der Waals surface area contributed by atoms with E-state index in [1.54, 1.807) is 46.5 Å². The van der Waals surface area contributed by atoms with Gasteiger partial charge in [0, 0.05) is 58.6 Å². The molecule has 8 N–H and O–H groups in total. The third-order valence-corrected chi connectivity index (χ3v) is 26.8. The van der Waals surface area contributed by atoms with Gasteiger partial charge in [-0.3, -0.25) is 24.0 Å². The molecule has 125 heavy (non-hydrogen) atoms. The molecule has 6 fully saturated rings. The van der Waals surface area contributed by atoms with E-state index in [1.807, 2.05) is 144 Å². The predicted molar refractivity (Wildman–Crippen MR) is 461 cm³/mol. The quantitative estimate of drug-likeness (QED) is 0.0329. The van der Waals surface area contributed by atoms with Gasteiger partial charge in [-0.2, -0.15) is 8.78 Å². The lowest BCUT2D eigenvalue weighted by Gasteiger charge is -2.37. The fourth-order valence-electron chi connectivity index (χ4n) is 20.4. The molecule has 4 aliphatic heterocycles. The Hall–Kier alpha value is -12.8. The molecule has 18 rings (SSSR count). The molecule has 6 aromatic carbocycles. The predicted octanol–water partition coefficient (Wildman–Crippen LogP) is 15.5. The largest absolute Gasteiger partial charge is 0.453 e. The van der Waals surface area contributed by atoms with E-state index in [2.05, 4.69) is 51.2 Å². The van der Waals surface area contributed by atoms with Crippen LogP contribution in [-0.2, 0) is 44.0 Å². The summed E-state index contributed by atoms with van der Waals surface area (Å²) < 4.78 is 52.3. The first kappa shape index (κ1) is 84.4. The van der Waals surface area contributed by atoms with Crippen LogP contribution in [0.1, 0.15) is 194 Å². The molecule has 0 unspecified atom stereocenters. The zero-order valence-electron chi connectivity index (χ0n) is 71.9. The summed E-state index contributed by atoms with van der Waals surface area (Å²) in [5.41, 5.74) is 12.6. The Bertz CT molecular complexity index is 5950. The van der Waals surface area contributed by atoms with Crippen molar-refractivity contribution in [1.82, 2.24) is 80.7 Å². The van der Waals surface area contributed by atoms with E-state index in [0.717, 1.165) is 119 Å². The van der Waals surface area contributed by atoms with Gasteiger partial charge in [0.05, 0.1) is 98.5 Å². The van der Waals surface area contributed by atoms with E-state index < -0.39 is 54.5 Å². The number of carbonyl (C=O) groups excluding carboxylic acids is 9. The maximum absolute atomic E-state index is 16.6. The van der Waals surface area contributed by atoms with Crippen molar-refractivity contribution < 1.29 is 70.9 Å². The zero-order valence-corrected chi connectivity index (χ0v) is 71.9. The summed E-state index contributed by atoms with van der Waals surface area (Å²) in [6, 6.07) is 29.7. The van der Waals surface area contributed by atoms with Crippen LogP contribution >= 0.6 is 0 Å². The van der Waals surface area contributed by atoms with Crippen molar-refractivity contribution in [2.75, 3.05) is 41.5 Å². The number of fused-ring (bicyclic) bond motifs is 12. The van der Waals surface area contributed by atoms with Gasteiger partial charge in [0.15, 0.2) is 5.78 Å². The number of nitrogens with one attached hydrogen (secondary N) is 8. The number of piperidine rings is 2. The highest BCUT2D eigenvalue weighted by Crippen LogP contribution is 2.55. The highest BCUT2D eigenvalue weighted by atomic mass is 19.3. The minimum absolute atomic E-state index is 0.0456. The Kier molecular flexibility index (Phi) is 22.7. The number of H-pyrrole nitrogens is 4. The number of halogens is 2. The molecule has 10 aromatic rings. The number of alkyl carbamates (subject to hydrolysis) is 4. The van der Waals surface area contributed by atoms with Crippen LogP contribution in [0.4, 0.5) is 28.0 Å². The molecule has 652 valence electrons. The smallest absolute Gasteiger partial charge is 0.407 e. The average molecular weight is 1700 g/mol. The highest BCUT2D eigenvalue weighted by Gasteiger charge is 2.54. The first-order chi connectivity index (χ1) is 60.0. The Morgan fingerprint density at radius 3 is 1.15 bits per heavy atom. The SMILES string of the molecule is COC(=O)N[C@H](C(=O)N1CCC[C@H]1c1ncc(-c2ccc3c(c2)C(=O)c2cc(-c4ccc5nc([C@@H]6[C@H]7CC[C@H](C7)N6C(=O)[C@@H](NC(=O)OC)C(C)C)[nH]c5c4)ccc2-3)[nH]1)C(C)C.COC(=O)N[C@H](C(=O)N1CCC[C@H]1c1ncc(-c2ccc3c(c2)C(F)(F)c2cc(-c4ccc5nc([C@@H]6[C@H]7CC[C@H](C7)N6C(=O)[C@@H](NC(=O)OC)C(C)C)[nH]c5c4)ccc2-3)[nH]1)C(C)C. The molecule has 8 aliphatic rings. The Morgan fingerprint density at radius 2 is 0.752 bits per heavy atom. The van der Waals surface area contributed by atoms with E-state index >= 15 is 8.78 Å². The number of nitrogens with zero attached hydrogens (tertiary/aromatic N) is 8. The van der Waals surface area contributed by atoms with Crippen molar-refractivity contribution in [2.24, 2.45) is 35.5 Å². The second-order valence-corrected chi connectivity index (χ2v) is 35.7. The number of hydrogen-bond acceptors (Lipinski definition) is 17. The summed E-state index contributed by atoms with van der Waals surface area (Å²) in [7, 11) is 5.10. The molecule has 12 atom stereocenters. The number of benzene rings is 6. The van der Waals surface area contributed by atoms with Crippen molar-refractivity contribution in [3.8, 4) is 67.0 Å².